The third kappa shape index (κ3) is 8.84. The minimum atomic E-state index is -1.06. The molecule has 6 nitrogen and oxygen atoms in total. The second kappa shape index (κ2) is 9.74. The highest BCUT2D eigenvalue weighted by atomic mass is 16.4. The number of hydrogen-bond acceptors (Lipinski definition) is 3. The van der Waals surface area contributed by atoms with Crippen LogP contribution in [0.4, 0.5) is 0 Å². The van der Waals surface area contributed by atoms with Gasteiger partial charge in [-0.3, -0.25) is 4.79 Å². The van der Waals surface area contributed by atoms with E-state index in [1.807, 2.05) is 13.8 Å². The molecule has 104 valence electrons. The van der Waals surface area contributed by atoms with Gasteiger partial charge in [0.1, 0.15) is 6.04 Å². The summed E-state index contributed by atoms with van der Waals surface area (Å²) in [6.07, 6.45) is 7.05. The molecular formula is C12H24N4O2. The second-order valence-corrected chi connectivity index (χ2v) is 5.09. The molecule has 0 aromatic heterocycles. The van der Waals surface area contributed by atoms with E-state index in [1.165, 1.54) is 32.1 Å². The number of carboxylic acids is 1. The summed E-state index contributed by atoms with van der Waals surface area (Å²) in [4.78, 5) is 12.8. The Kier molecular flexibility index (Phi) is 9.06. The Labute approximate surface area is 108 Å². The fourth-order valence-corrected chi connectivity index (χ4v) is 1.84. The van der Waals surface area contributed by atoms with Crippen LogP contribution in [0.5, 0.6) is 0 Å². The van der Waals surface area contributed by atoms with Crippen molar-refractivity contribution in [2.24, 2.45) is 16.8 Å². The zero-order valence-electron chi connectivity index (χ0n) is 11.2. The number of rotatable bonds is 4. The molecular weight excluding hydrogens is 232 g/mol. The summed E-state index contributed by atoms with van der Waals surface area (Å²) in [6, 6.07) is -0.381. The first kappa shape index (κ1) is 16.7. The molecule has 6 heteroatoms. The number of nitrogens with zero attached hydrogens (tertiary/aromatic N) is 3. The van der Waals surface area contributed by atoms with Crippen molar-refractivity contribution in [3.8, 4) is 0 Å². The SMILES string of the molecule is CC(C)C[C@@H](N=[N+]=[N-])C(=O)O.NC1CCCCC1. The van der Waals surface area contributed by atoms with Gasteiger partial charge < -0.3 is 10.8 Å². The van der Waals surface area contributed by atoms with Gasteiger partial charge in [0, 0.05) is 11.0 Å². The molecule has 0 amide bonds. The zero-order valence-corrected chi connectivity index (χ0v) is 11.2. The van der Waals surface area contributed by atoms with Crippen molar-refractivity contribution in [3.05, 3.63) is 10.4 Å². The number of nitrogens with two attached hydrogens (primary N) is 1. The quantitative estimate of drug-likeness (QED) is 0.457. The van der Waals surface area contributed by atoms with Crippen molar-refractivity contribution in [1.82, 2.24) is 0 Å². The summed E-state index contributed by atoms with van der Waals surface area (Å²) in [7, 11) is 0. The summed E-state index contributed by atoms with van der Waals surface area (Å²) in [5.41, 5.74) is 13.6. The Morgan fingerprint density at radius 1 is 1.44 bits per heavy atom. The maximum Gasteiger partial charge on any atom is 0.312 e. The molecule has 18 heavy (non-hydrogen) atoms. The van der Waals surface area contributed by atoms with Crippen LogP contribution in [0.1, 0.15) is 52.4 Å². The number of carboxylic acid groups (broad SMARTS) is 1. The molecule has 0 unspecified atom stereocenters. The van der Waals surface area contributed by atoms with Crippen LogP contribution in [0.2, 0.25) is 0 Å². The third-order valence-corrected chi connectivity index (χ3v) is 2.82. The summed E-state index contributed by atoms with van der Waals surface area (Å²) >= 11 is 0. The Morgan fingerprint density at radius 3 is 2.28 bits per heavy atom. The van der Waals surface area contributed by atoms with Crippen molar-refractivity contribution >= 4 is 5.97 Å². The van der Waals surface area contributed by atoms with Crippen LogP contribution in [-0.4, -0.2) is 23.2 Å². The molecule has 1 atom stereocenters. The smallest absolute Gasteiger partial charge is 0.312 e. The average molecular weight is 256 g/mol. The molecule has 0 bridgehead atoms. The molecule has 1 aliphatic rings. The monoisotopic (exact) mass is 256 g/mol. The van der Waals surface area contributed by atoms with Gasteiger partial charge in [0.05, 0.1) is 0 Å². The number of aliphatic carboxylic acids is 1. The second-order valence-electron chi connectivity index (χ2n) is 5.09. The highest BCUT2D eigenvalue weighted by molar-refractivity contribution is 5.73. The van der Waals surface area contributed by atoms with Crippen LogP contribution in [0.15, 0.2) is 5.11 Å². The summed E-state index contributed by atoms with van der Waals surface area (Å²) in [6.45, 7) is 3.76. The van der Waals surface area contributed by atoms with Crippen LogP contribution < -0.4 is 5.73 Å². The highest BCUT2D eigenvalue weighted by Gasteiger charge is 2.16. The first-order valence-electron chi connectivity index (χ1n) is 6.50. The Hall–Kier alpha value is -1.26. The molecule has 1 rings (SSSR count). The zero-order chi connectivity index (χ0) is 14.0. The van der Waals surface area contributed by atoms with Crippen LogP contribution in [0.25, 0.3) is 10.4 Å². The van der Waals surface area contributed by atoms with Crippen molar-refractivity contribution in [2.45, 2.75) is 64.5 Å². The van der Waals surface area contributed by atoms with E-state index in [4.69, 9.17) is 16.4 Å². The van der Waals surface area contributed by atoms with Crippen molar-refractivity contribution in [3.63, 3.8) is 0 Å². The molecule has 0 radical (unpaired) electrons. The topological polar surface area (TPSA) is 112 Å². The maximum atomic E-state index is 10.4. The number of hydrogen-bond donors (Lipinski definition) is 2. The molecule has 0 aromatic rings. The van der Waals surface area contributed by atoms with Crippen molar-refractivity contribution < 1.29 is 9.90 Å². The van der Waals surface area contributed by atoms with Gasteiger partial charge >= 0.3 is 5.97 Å². The first-order valence-corrected chi connectivity index (χ1v) is 6.50. The number of azide groups is 1. The molecule has 0 aromatic carbocycles. The molecule has 0 saturated heterocycles. The van der Waals surface area contributed by atoms with E-state index in [9.17, 15) is 4.79 Å². The third-order valence-electron chi connectivity index (χ3n) is 2.82. The summed E-state index contributed by atoms with van der Waals surface area (Å²) < 4.78 is 0. The van der Waals surface area contributed by atoms with E-state index >= 15 is 0 Å². The predicted octanol–water partition coefficient (Wildman–Crippen LogP) is 3.07. The lowest BCUT2D eigenvalue weighted by atomic mass is 9.97. The van der Waals surface area contributed by atoms with E-state index in [1.54, 1.807) is 0 Å². The van der Waals surface area contributed by atoms with Gasteiger partial charge in [-0.25, -0.2) is 0 Å². The lowest BCUT2D eigenvalue weighted by Gasteiger charge is -2.15. The standard InChI is InChI=1S/C6H11N3O2.C6H13N/c1-4(2)3-5(6(10)11)8-9-7;7-6-4-2-1-3-5-6/h4-5H,3H2,1-2H3,(H,10,11);6H,1-5,7H2/t5-;/m1./s1. The van der Waals surface area contributed by atoms with Gasteiger partial charge in [0.25, 0.3) is 0 Å². The minimum absolute atomic E-state index is 0.224. The molecule has 1 saturated carbocycles. The molecule has 0 aliphatic heterocycles. The Morgan fingerprint density at radius 2 is 2.00 bits per heavy atom. The molecule has 0 spiro atoms. The van der Waals surface area contributed by atoms with Crippen LogP contribution >= 0.6 is 0 Å². The lowest BCUT2D eigenvalue weighted by Crippen LogP contribution is -2.22. The summed E-state index contributed by atoms with van der Waals surface area (Å²) in [5, 5.41) is 11.6. The lowest BCUT2D eigenvalue weighted by molar-refractivity contribution is -0.138. The van der Waals surface area contributed by atoms with Gasteiger partial charge in [-0.2, -0.15) is 0 Å². The molecule has 0 heterocycles. The fourth-order valence-electron chi connectivity index (χ4n) is 1.84. The van der Waals surface area contributed by atoms with Crippen LogP contribution in [0.3, 0.4) is 0 Å². The largest absolute Gasteiger partial charge is 0.481 e. The predicted molar refractivity (Wildman–Crippen MR) is 71.1 cm³/mol. The van der Waals surface area contributed by atoms with Gasteiger partial charge in [-0.05, 0) is 30.7 Å². The highest BCUT2D eigenvalue weighted by Crippen LogP contribution is 2.14. The van der Waals surface area contributed by atoms with Crippen molar-refractivity contribution in [1.29, 1.82) is 0 Å². The number of carbonyl (C=O) groups is 1. The van der Waals surface area contributed by atoms with Gasteiger partial charge in [0.15, 0.2) is 0 Å². The minimum Gasteiger partial charge on any atom is -0.481 e. The van der Waals surface area contributed by atoms with Crippen LogP contribution in [0, 0.1) is 5.92 Å². The van der Waals surface area contributed by atoms with E-state index in [-0.39, 0.29) is 5.92 Å². The summed E-state index contributed by atoms with van der Waals surface area (Å²) in [5.74, 6) is -0.835. The van der Waals surface area contributed by atoms with Gasteiger partial charge in [-0.15, -0.1) is 0 Å². The molecule has 1 fully saturated rings. The first-order chi connectivity index (χ1) is 8.47. The van der Waals surface area contributed by atoms with Crippen LogP contribution in [-0.2, 0) is 4.79 Å². The Balaban J connectivity index is 0.000000351. The fraction of sp³-hybridized carbons (Fsp3) is 0.917. The van der Waals surface area contributed by atoms with E-state index in [2.05, 4.69) is 10.0 Å². The maximum absolute atomic E-state index is 10.4. The molecule has 1 aliphatic carbocycles. The van der Waals surface area contributed by atoms with Crippen molar-refractivity contribution in [2.75, 3.05) is 0 Å². The Bertz CT molecular complexity index is 280. The van der Waals surface area contributed by atoms with Gasteiger partial charge in [0.2, 0.25) is 0 Å². The van der Waals surface area contributed by atoms with E-state index < -0.39 is 12.0 Å². The van der Waals surface area contributed by atoms with E-state index in [0.717, 1.165) is 0 Å². The van der Waals surface area contributed by atoms with Gasteiger partial charge in [-0.1, -0.05) is 38.2 Å². The normalized spacial score (nSPS) is 17.3. The van der Waals surface area contributed by atoms with E-state index in [0.29, 0.717) is 12.5 Å². The average Bonchev–Trinajstić information content (AvgIpc) is 2.29. The molecule has 3 N–H and O–H groups in total.